The largest absolute Gasteiger partial charge is 0.508 e. The Balaban J connectivity index is 1.75. The number of benzene rings is 1. The number of esters is 1. The first kappa shape index (κ1) is 25.0. The van der Waals surface area contributed by atoms with E-state index in [0.717, 1.165) is 38.6 Å². The van der Waals surface area contributed by atoms with Crippen molar-refractivity contribution >= 4 is 5.97 Å². The summed E-state index contributed by atoms with van der Waals surface area (Å²) in [6.07, 6.45) is 10.9. The number of phenols is 1. The molecule has 0 bridgehead atoms. The van der Waals surface area contributed by atoms with Crippen molar-refractivity contribution in [2.45, 2.75) is 95.6 Å². The van der Waals surface area contributed by atoms with Crippen molar-refractivity contribution in [2.24, 2.45) is 11.8 Å². The molecule has 0 heterocycles. The second-order valence-electron chi connectivity index (χ2n) is 9.86. The minimum atomic E-state index is -0.114. The topological polar surface area (TPSA) is 67.8 Å². The summed E-state index contributed by atoms with van der Waals surface area (Å²) in [6, 6.07) is 5.90. The summed E-state index contributed by atoms with van der Waals surface area (Å²) in [4.78, 5) is 12.5. The summed E-state index contributed by atoms with van der Waals surface area (Å²) in [7, 11) is 3.30. The van der Waals surface area contributed by atoms with E-state index in [-0.39, 0.29) is 29.4 Å². The Morgan fingerprint density at radius 3 is 2.53 bits per heavy atom. The number of hydrogen-bond donors (Lipinski definition) is 2. The number of rotatable bonds is 10. The smallest absolute Gasteiger partial charge is 0.308 e. The molecule has 5 nitrogen and oxygen atoms in total. The van der Waals surface area contributed by atoms with Crippen LogP contribution in [0.5, 0.6) is 5.75 Å². The third kappa shape index (κ3) is 5.31. The van der Waals surface area contributed by atoms with Gasteiger partial charge in [0.15, 0.2) is 0 Å². The molecule has 1 aromatic rings. The van der Waals surface area contributed by atoms with Gasteiger partial charge in [-0.25, -0.2) is 0 Å². The Kier molecular flexibility index (Phi) is 9.01. The molecule has 0 aliphatic heterocycles. The van der Waals surface area contributed by atoms with E-state index in [1.807, 2.05) is 12.1 Å². The molecule has 1 aromatic carbocycles. The van der Waals surface area contributed by atoms with Crippen LogP contribution in [0.1, 0.15) is 82.8 Å². The lowest BCUT2D eigenvalue weighted by Gasteiger charge is -2.49. The maximum absolute atomic E-state index is 12.5. The molecule has 3 rings (SSSR count). The zero-order chi connectivity index (χ0) is 23.1. The molecule has 0 spiro atoms. The summed E-state index contributed by atoms with van der Waals surface area (Å²) in [5, 5.41) is 14.0. The van der Waals surface area contributed by atoms with Gasteiger partial charge >= 0.3 is 5.97 Å². The van der Waals surface area contributed by atoms with Crippen molar-refractivity contribution in [3.05, 3.63) is 29.3 Å². The lowest BCUT2D eigenvalue weighted by molar-refractivity contribution is -0.146. The van der Waals surface area contributed by atoms with Crippen molar-refractivity contribution in [2.75, 3.05) is 20.8 Å². The van der Waals surface area contributed by atoms with E-state index in [1.165, 1.54) is 50.3 Å². The average molecular weight is 446 g/mol. The summed E-state index contributed by atoms with van der Waals surface area (Å²) in [5.74, 6) is 0.850. The van der Waals surface area contributed by atoms with Gasteiger partial charge in [0.2, 0.25) is 0 Å². The van der Waals surface area contributed by atoms with E-state index < -0.39 is 0 Å². The number of carbonyl (C=O) groups is 1. The first-order valence-corrected chi connectivity index (χ1v) is 12.6. The van der Waals surface area contributed by atoms with Crippen molar-refractivity contribution < 1.29 is 19.4 Å². The monoisotopic (exact) mass is 445 g/mol. The van der Waals surface area contributed by atoms with Gasteiger partial charge in [-0.15, -0.1) is 0 Å². The predicted octanol–water partition coefficient (Wildman–Crippen LogP) is 5.13. The summed E-state index contributed by atoms with van der Waals surface area (Å²) in [6.45, 7) is 5.21. The van der Waals surface area contributed by atoms with Gasteiger partial charge in [0.05, 0.1) is 19.1 Å². The summed E-state index contributed by atoms with van der Waals surface area (Å²) in [5.41, 5.74) is 2.39. The Bertz CT molecular complexity index is 739. The fourth-order valence-electron chi connectivity index (χ4n) is 6.42. The van der Waals surface area contributed by atoms with Crippen LogP contribution in [0.3, 0.4) is 0 Å². The van der Waals surface area contributed by atoms with Gasteiger partial charge in [0, 0.05) is 25.0 Å². The number of hydrogen-bond acceptors (Lipinski definition) is 5. The van der Waals surface area contributed by atoms with Crippen molar-refractivity contribution in [1.29, 1.82) is 0 Å². The summed E-state index contributed by atoms with van der Waals surface area (Å²) < 4.78 is 11.1. The van der Waals surface area contributed by atoms with Gasteiger partial charge < -0.3 is 19.9 Å². The minimum Gasteiger partial charge on any atom is -0.508 e. The third-order valence-electron chi connectivity index (χ3n) is 8.32. The normalized spacial score (nSPS) is 24.0. The lowest BCUT2D eigenvalue weighted by atomic mass is 9.62. The van der Waals surface area contributed by atoms with E-state index in [2.05, 4.69) is 19.2 Å². The van der Waals surface area contributed by atoms with Gasteiger partial charge in [0.25, 0.3) is 0 Å². The number of carbonyl (C=O) groups excluding carboxylic acids is 1. The zero-order valence-corrected chi connectivity index (χ0v) is 20.5. The number of aromatic hydroxyl groups is 1. The number of ether oxygens (including phenoxy) is 2. The maximum atomic E-state index is 12.5. The molecule has 0 saturated heterocycles. The van der Waals surface area contributed by atoms with E-state index in [0.29, 0.717) is 11.7 Å². The Morgan fingerprint density at radius 1 is 1.19 bits per heavy atom. The van der Waals surface area contributed by atoms with Gasteiger partial charge in [-0.1, -0.05) is 52.0 Å². The van der Waals surface area contributed by atoms with Crippen LogP contribution in [-0.2, 0) is 26.1 Å². The molecule has 0 aromatic heterocycles. The van der Waals surface area contributed by atoms with Crippen LogP contribution < -0.4 is 5.32 Å². The van der Waals surface area contributed by atoms with Crippen molar-refractivity contribution in [3.8, 4) is 5.75 Å². The molecule has 0 amide bonds. The number of phenolic OH excluding ortho intramolecular Hbond substituents is 1. The second kappa shape index (κ2) is 11.5. The van der Waals surface area contributed by atoms with Gasteiger partial charge in [-0.2, -0.15) is 0 Å². The Hall–Kier alpha value is -1.59. The van der Waals surface area contributed by atoms with E-state index in [1.54, 1.807) is 13.2 Å². The molecule has 0 radical (unpaired) electrons. The quantitative estimate of drug-likeness (QED) is 0.489. The van der Waals surface area contributed by atoms with Crippen LogP contribution in [-0.4, -0.2) is 44.0 Å². The highest BCUT2D eigenvalue weighted by Crippen LogP contribution is 2.44. The molecule has 2 N–H and O–H groups in total. The van der Waals surface area contributed by atoms with Crippen LogP contribution in [0.25, 0.3) is 0 Å². The Morgan fingerprint density at radius 2 is 1.91 bits per heavy atom. The van der Waals surface area contributed by atoms with E-state index in [4.69, 9.17) is 9.47 Å². The molecule has 32 heavy (non-hydrogen) atoms. The number of nitrogens with one attached hydrogen (secondary N) is 1. The molecule has 3 atom stereocenters. The highest BCUT2D eigenvalue weighted by molar-refractivity contribution is 5.72. The van der Waals surface area contributed by atoms with Crippen LogP contribution in [0.4, 0.5) is 0 Å². The molecule has 1 saturated carbocycles. The molecule has 180 valence electrons. The first-order chi connectivity index (χ1) is 15.5. The first-order valence-electron chi connectivity index (χ1n) is 12.6. The molecule has 2 aliphatic rings. The van der Waals surface area contributed by atoms with Crippen molar-refractivity contribution in [1.82, 2.24) is 5.32 Å². The molecule has 5 heteroatoms. The summed E-state index contributed by atoms with van der Waals surface area (Å²) >= 11 is 0. The highest BCUT2D eigenvalue weighted by Gasteiger charge is 2.46. The van der Waals surface area contributed by atoms with Gasteiger partial charge in [0.1, 0.15) is 5.75 Å². The van der Waals surface area contributed by atoms with E-state index >= 15 is 0 Å². The zero-order valence-electron chi connectivity index (χ0n) is 20.5. The van der Waals surface area contributed by atoms with Gasteiger partial charge in [-0.05, 0) is 61.4 Å². The fourth-order valence-corrected chi connectivity index (χ4v) is 6.42. The molecule has 1 fully saturated rings. The number of methoxy groups -OCH3 is 2. The third-order valence-corrected chi connectivity index (χ3v) is 8.32. The predicted molar refractivity (Wildman–Crippen MR) is 128 cm³/mol. The Labute approximate surface area is 194 Å². The van der Waals surface area contributed by atoms with Gasteiger partial charge in [-0.3, -0.25) is 4.79 Å². The maximum Gasteiger partial charge on any atom is 0.308 e. The molecule has 0 unspecified atom stereocenters. The second-order valence-corrected chi connectivity index (χ2v) is 9.86. The van der Waals surface area contributed by atoms with Crippen LogP contribution in [0.15, 0.2) is 18.2 Å². The van der Waals surface area contributed by atoms with Crippen LogP contribution >= 0.6 is 0 Å². The van der Waals surface area contributed by atoms with Crippen molar-refractivity contribution in [3.63, 3.8) is 0 Å². The highest BCUT2D eigenvalue weighted by atomic mass is 16.5. The average Bonchev–Trinajstić information content (AvgIpc) is 2.83. The van der Waals surface area contributed by atoms with Crippen LogP contribution in [0, 0.1) is 11.8 Å². The standard InChI is InChI=1S/C27H43NO4/c1-5-27(6-2)23-18-22(29)13-12-20(23)17-24(31-3)25(27)28-15-14-21(26(30)32-4)16-19-10-8-7-9-11-19/h12-13,18-19,21,24-25,28-29H,5-11,14-17H2,1-4H3/t21-,24+,25+/m0/s1. The minimum absolute atomic E-state index is 0.0471. The molecular formula is C27H43NO4. The molecular weight excluding hydrogens is 402 g/mol. The molecule has 2 aliphatic carbocycles. The lowest BCUT2D eigenvalue weighted by Crippen LogP contribution is -2.59. The fraction of sp³-hybridized carbons (Fsp3) is 0.741. The number of fused-ring (bicyclic) bond motifs is 1. The van der Waals surface area contributed by atoms with E-state index in [9.17, 15) is 9.90 Å². The van der Waals surface area contributed by atoms with Crippen LogP contribution in [0.2, 0.25) is 0 Å². The SMILES string of the molecule is CCC1(CC)c2cc(O)ccc2C[C@@H](OC)[C@H]1NCC[C@@H](CC1CCCCC1)C(=O)OC.